The molecule has 134 valence electrons. The number of nitrogens with zero attached hydrogens (tertiary/aromatic N) is 5. The van der Waals surface area contributed by atoms with Crippen LogP contribution in [0.3, 0.4) is 0 Å². The number of aromatic nitrogens is 4. The average molecular weight is 349 g/mol. The number of piperidine rings is 1. The molecule has 3 aromatic rings. The lowest BCUT2D eigenvalue weighted by Crippen LogP contribution is -2.42. The van der Waals surface area contributed by atoms with Crippen LogP contribution in [0.2, 0.25) is 0 Å². The van der Waals surface area contributed by atoms with Crippen molar-refractivity contribution in [2.45, 2.75) is 44.2 Å². The molecule has 5 rings (SSSR count). The molecule has 1 aliphatic carbocycles. The van der Waals surface area contributed by atoms with E-state index in [1.165, 1.54) is 12.8 Å². The predicted octanol–water partition coefficient (Wildman–Crippen LogP) is 2.97. The fourth-order valence-electron chi connectivity index (χ4n) is 4.04. The van der Waals surface area contributed by atoms with E-state index in [2.05, 4.69) is 15.7 Å². The lowest BCUT2D eigenvalue weighted by Gasteiger charge is -2.33. The van der Waals surface area contributed by atoms with Gasteiger partial charge < -0.3 is 9.47 Å². The maximum Gasteiger partial charge on any atom is 0.242 e. The van der Waals surface area contributed by atoms with Crippen molar-refractivity contribution in [2.24, 2.45) is 0 Å². The summed E-state index contributed by atoms with van der Waals surface area (Å²) in [5.74, 6) is 1.79. The first-order valence-corrected chi connectivity index (χ1v) is 9.51. The van der Waals surface area contributed by atoms with Crippen molar-refractivity contribution in [3.8, 4) is 0 Å². The molecule has 1 amide bonds. The Kier molecular flexibility index (Phi) is 3.76. The van der Waals surface area contributed by atoms with E-state index in [-0.39, 0.29) is 11.9 Å². The smallest absolute Gasteiger partial charge is 0.242 e. The first-order valence-electron chi connectivity index (χ1n) is 9.51. The Labute approximate surface area is 152 Å². The molecule has 0 spiro atoms. The summed E-state index contributed by atoms with van der Waals surface area (Å²) in [7, 11) is 0. The van der Waals surface area contributed by atoms with E-state index in [0.29, 0.717) is 12.5 Å². The minimum Gasteiger partial charge on any atom is -0.339 e. The van der Waals surface area contributed by atoms with Gasteiger partial charge in [0.1, 0.15) is 12.4 Å². The third kappa shape index (κ3) is 2.79. The molecule has 2 aliphatic rings. The molecule has 2 aromatic heterocycles. The van der Waals surface area contributed by atoms with Gasteiger partial charge in [-0.15, -0.1) is 0 Å². The molecule has 3 heterocycles. The number of hydrogen-bond acceptors (Lipinski definition) is 3. The van der Waals surface area contributed by atoms with Crippen LogP contribution in [-0.2, 0) is 11.3 Å². The topological polar surface area (TPSA) is 56.0 Å². The van der Waals surface area contributed by atoms with Gasteiger partial charge in [-0.2, -0.15) is 5.10 Å². The Morgan fingerprint density at radius 3 is 2.85 bits per heavy atom. The van der Waals surface area contributed by atoms with Crippen LogP contribution >= 0.6 is 0 Å². The lowest BCUT2D eigenvalue weighted by molar-refractivity contribution is -0.133. The van der Waals surface area contributed by atoms with Gasteiger partial charge in [-0.1, -0.05) is 12.1 Å². The van der Waals surface area contributed by atoms with E-state index in [0.717, 1.165) is 42.8 Å². The van der Waals surface area contributed by atoms with E-state index >= 15 is 0 Å². The number of rotatable bonds is 4. The number of carbonyl (C=O) groups is 1. The number of imidazole rings is 1. The second-order valence-corrected chi connectivity index (χ2v) is 7.44. The van der Waals surface area contributed by atoms with Gasteiger partial charge in [-0.25, -0.2) is 4.98 Å². The molecule has 26 heavy (non-hydrogen) atoms. The van der Waals surface area contributed by atoms with Crippen LogP contribution in [0.5, 0.6) is 0 Å². The Morgan fingerprint density at radius 1 is 1.15 bits per heavy atom. The van der Waals surface area contributed by atoms with Crippen molar-refractivity contribution in [2.75, 3.05) is 13.1 Å². The number of hydrogen-bond donors (Lipinski definition) is 0. The molecular formula is C20H23N5O. The van der Waals surface area contributed by atoms with Crippen LogP contribution in [0, 0.1) is 0 Å². The second kappa shape index (κ2) is 6.27. The molecule has 1 atom stereocenters. The monoisotopic (exact) mass is 349 g/mol. The molecule has 6 nitrogen and oxygen atoms in total. The molecule has 1 aliphatic heterocycles. The summed E-state index contributed by atoms with van der Waals surface area (Å²) in [5.41, 5.74) is 2.07. The molecule has 0 bridgehead atoms. The summed E-state index contributed by atoms with van der Waals surface area (Å²) in [6.45, 7) is 1.96. The van der Waals surface area contributed by atoms with Crippen molar-refractivity contribution in [1.82, 2.24) is 24.2 Å². The van der Waals surface area contributed by atoms with Crippen molar-refractivity contribution in [3.05, 3.63) is 48.5 Å². The fraction of sp³-hybridized carbons (Fsp3) is 0.450. The Balaban J connectivity index is 1.38. The highest BCUT2D eigenvalue weighted by Gasteiger charge is 2.31. The summed E-state index contributed by atoms with van der Waals surface area (Å²) in [6, 6.07) is 10.4. The van der Waals surface area contributed by atoms with Gasteiger partial charge in [-0.3, -0.25) is 9.48 Å². The van der Waals surface area contributed by atoms with Gasteiger partial charge in [0.25, 0.3) is 0 Å². The standard InChI is InChI=1S/C20H23N5O/c26-19(23-11-3-5-16(13-23)25-12-4-10-21-25)14-24-18-7-2-1-6-17(18)22-20(24)15-8-9-15/h1-2,4,6-7,10,12,15-16H,3,5,8-9,11,13-14H2/t16-/m1/s1. The molecule has 1 aromatic carbocycles. The third-order valence-corrected chi connectivity index (χ3v) is 5.57. The van der Waals surface area contributed by atoms with E-state index in [1.54, 1.807) is 6.20 Å². The number of amides is 1. The second-order valence-electron chi connectivity index (χ2n) is 7.44. The van der Waals surface area contributed by atoms with Gasteiger partial charge in [0, 0.05) is 31.4 Å². The van der Waals surface area contributed by atoms with Crippen LogP contribution in [0.15, 0.2) is 42.7 Å². The van der Waals surface area contributed by atoms with Crippen molar-refractivity contribution in [1.29, 1.82) is 0 Å². The van der Waals surface area contributed by atoms with Gasteiger partial charge in [0.15, 0.2) is 0 Å². The fourth-order valence-corrected chi connectivity index (χ4v) is 4.04. The predicted molar refractivity (Wildman–Crippen MR) is 98.8 cm³/mol. The van der Waals surface area contributed by atoms with Gasteiger partial charge in [-0.05, 0) is 43.9 Å². The van der Waals surface area contributed by atoms with Gasteiger partial charge >= 0.3 is 0 Å². The maximum absolute atomic E-state index is 13.1. The van der Waals surface area contributed by atoms with E-state index in [4.69, 9.17) is 4.98 Å². The highest BCUT2D eigenvalue weighted by molar-refractivity contribution is 5.81. The van der Waals surface area contributed by atoms with E-state index in [1.807, 2.05) is 40.0 Å². The number of likely N-dealkylation sites (tertiary alicyclic amines) is 1. The number of carbonyl (C=O) groups excluding carboxylic acids is 1. The van der Waals surface area contributed by atoms with Crippen LogP contribution in [0.25, 0.3) is 11.0 Å². The Bertz CT molecular complexity index is 925. The van der Waals surface area contributed by atoms with Crippen LogP contribution < -0.4 is 0 Å². The van der Waals surface area contributed by atoms with E-state index < -0.39 is 0 Å². The molecule has 1 saturated heterocycles. The first-order chi connectivity index (χ1) is 12.8. The third-order valence-electron chi connectivity index (χ3n) is 5.57. The average Bonchev–Trinajstić information content (AvgIpc) is 3.25. The zero-order valence-electron chi connectivity index (χ0n) is 14.8. The van der Waals surface area contributed by atoms with Crippen LogP contribution in [0.1, 0.15) is 43.5 Å². The number of fused-ring (bicyclic) bond motifs is 1. The zero-order valence-corrected chi connectivity index (χ0v) is 14.8. The summed E-state index contributed by atoms with van der Waals surface area (Å²) >= 11 is 0. The summed E-state index contributed by atoms with van der Waals surface area (Å²) < 4.78 is 4.13. The van der Waals surface area contributed by atoms with Crippen molar-refractivity contribution < 1.29 is 4.79 Å². The molecule has 0 N–H and O–H groups in total. The Hall–Kier alpha value is -2.63. The van der Waals surface area contributed by atoms with Gasteiger partial charge in [0.2, 0.25) is 5.91 Å². The minimum absolute atomic E-state index is 0.187. The summed E-state index contributed by atoms with van der Waals surface area (Å²) in [4.78, 5) is 19.9. The molecule has 6 heteroatoms. The SMILES string of the molecule is O=C(Cn1c(C2CC2)nc2ccccc21)N1CCC[C@@H](n2cccn2)C1. The number of para-hydroxylation sites is 2. The highest BCUT2D eigenvalue weighted by Crippen LogP contribution is 2.40. The first kappa shape index (κ1) is 15.6. The molecule has 2 fully saturated rings. The van der Waals surface area contributed by atoms with Crippen molar-refractivity contribution in [3.63, 3.8) is 0 Å². The van der Waals surface area contributed by atoms with Crippen LogP contribution in [-0.4, -0.2) is 43.2 Å². The molecule has 0 radical (unpaired) electrons. The normalized spacial score (nSPS) is 20.6. The molecular weight excluding hydrogens is 326 g/mol. The molecule has 0 unspecified atom stereocenters. The quantitative estimate of drug-likeness (QED) is 0.728. The van der Waals surface area contributed by atoms with Crippen LogP contribution in [0.4, 0.5) is 0 Å². The largest absolute Gasteiger partial charge is 0.339 e. The summed E-state index contributed by atoms with van der Waals surface area (Å²) in [5, 5.41) is 4.36. The lowest BCUT2D eigenvalue weighted by atomic mass is 10.1. The highest BCUT2D eigenvalue weighted by atomic mass is 16.2. The maximum atomic E-state index is 13.1. The Morgan fingerprint density at radius 2 is 2.04 bits per heavy atom. The van der Waals surface area contributed by atoms with E-state index in [9.17, 15) is 4.79 Å². The molecule has 1 saturated carbocycles. The zero-order chi connectivity index (χ0) is 17.5. The van der Waals surface area contributed by atoms with Crippen molar-refractivity contribution >= 4 is 16.9 Å². The van der Waals surface area contributed by atoms with Gasteiger partial charge in [0.05, 0.1) is 17.1 Å². The minimum atomic E-state index is 0.187. The number of benzene rings is 1. The summed E-state index contributed by atoms with van der Waals surface area (Å²) in [6.07, 6.45) is 8.27.